The number of benzene rings is 1. The van der Waals surface area contributed by atoms with E-state index in [4.69, 9.17) is 4.42 Å². The second-order valence-corrected chi connectivity index (χ2v) is 9.88. The molecule has 9 heteroatoms. The SMILES string of the molecule is CN[C@@H](C)C(=O)N[C@H](C(=O)N1CCC[C@H]1c1nc(C(=O)c2ccc(F)cc2)c(C)o1)C1CCCCC1. The van der Waals surface area contributed by atoms with E-state index in [9.17, 15) is 18.8 Å². The standard InChI is InChI=1S/C27H35FN4O4/c1-16(29-3)25(34)30-23(18-8-5-4-6-9-18)27(35)32-15-7-10-21(32)26-31-22(17(2)36-26)24(33)19-11-13-20(28)14-12-19/h11-14,16,18,21,23,29H,4-10,15H2,1-3H3,(H,30,34)/t16-,21-,23-/m0/s1. The van der Waals surface area contributed by atoms with Crippen LogP contribution in [0.3, 0.4) is 0 Å². The molecule has 2 amide bonds. The second-order valence-electron chi connectivity index (χ2n) is 9.88. The molecular formula is C27H35FN4O4. The van der Waals surface area contributed by atoms with Crippen molar-refractivity contribution in [3.05, 3.63) is 53.0 Å². The summed E-state index contributed by atoms with van der Waals surface area (Å²) in [6, 6.07) is 3.88. The van der Waals surface area contributed by atoms with Gasteiger partial charge in [-0.1, -0.05) is 19.3 Å². The molecule has 1 aliphatic heterocycles. The fourth-order valence-corrected chi connectivity index (χ4v) is 5.23. The van der Waals surface area contributed by atoms with E-state index in [1.165, 1.54) is 24.3 Å². The fraction of sp³-hybridized carbons (Fsp3) is 0.556. The predicted molar refractivity (Wildman–Crippen MR) is 132 cm³/mol. The highest BCUT2D eigenvalue weighted by molar-refractivity contribution is 6.08. The van der Waals surface area contributed by atoms with E-state index in [1.807, 2.05) is 0 Å². The molecule has 194 valence electrons. The summed E-state index contributed by atoms with van der Waals surface area (Å²) in [6.45, 7) is 3.97. The average molecular weight is 499 g/mol. The molecule has 1 saturated carbocycles. The molecule has 2 N–H and O–H groups in total. The number of oxazole rings is 1. The Bertz CT molecular complexity index is 1090. The van der Waals surface area contributed by atoms with Gasteiger partial charge in [-0.2, -0.15) is 0 Å². The van der Waals surface area contributed by atoms with Crippen LogP contribution in [0.4, 0.5) is 4.39 Å². The zero-order chi connectivity index (χ0) is 25.8. The Morgan fingerprint density at radius 2 is 1.78 bits per heavy atom. The molecule has 3 atom stereocenters. The van der Waals surface area contributed by atoms with Crippen LogP contribution in [0, 0.1) is 18.7 Å². The van der Waals surface area contributed by atoms with Gasteiger partial charge in [-0.25, -0.2) is 9.37 Å². The summed E-state index contributed by atoms with van der Waals surface area (Å²) >= 11 is 0. The largest absolute Gasteiger partial charge is 0.443 e. The van der Waals surface area contributed by atoms with E-state index in [-0.39, 0.29) is 29.2 Å². The van der Waals surface area contributed by atoms with Crippen molar-refractivity contribution in [2.24, 2.45) is 5.92 Å². The summed E-state index contributed by atoms with van der Waals surface area (Å²) in [7, 11) is 1.72. The number of aromatic nitrogens is 1. The van der Waals surface area contributed by atoms with Crippen molar-refractivity contribution in [1.29, 1.82) is 0 Å². The molecule has 1 aromatic heterocycles. The Kier molecular flexibility index (Phi) is 8.18. The molecule has 1 aromatic carbocycles. The van der Waals surface area contributed by atoms with Gasteiger partial charge in [0.15, 0.2) is 5.69 Å². The number of amides is 2. The topological polar surface area (TPSA) is 105 Å². The molecule has 2 aromatic rings. The number of halogens is 1. The summed E-state index contributed by atoms with van der Waals surface area (Å²) in [4.78, 5) is 45.8. The first kappa shape index (κ1) is 26.0. The minimum Gasteiger partial charge on any atom is -0.443 e. The third-order valence-corrected chi connectivity index (χ3v) is 7.47. The van der Waals surface area contributed by atoms with E-state index < -0.39 is 23.9 Å². The highest BCUT2D eigenvalue weighted by atomic mass is 19.1. The quantitative estimate of drug-likeness (QED) is 0.538. The smallest absolute Gasteiger partial charge is 0.246 e. The lowest BCUT2D eigenvalue weighted by Gasteiger charge is -2.34. The number of nitrogens with zero attached hydrogens (tertiary/aromatic N) is 2. The van der Waals surface area contributed by atoms with Gasteiger partial charge in [0.1, 0.15) is 23.7 Å². The van der Waals surface area contributed by atoms with E-state index in [0.29, 0.717) is 30.2 Å². The number of hydrogen-bond donors (Lipinski definition) is 2. The van der Waals surface area contributed by atoms with Gasteiger partial charge in [0.05, 0.1) is 6.04 Å². The lowest BCUT2D eigenvalue weighted by molar-refractivity contribution is -0.140. The van der Waals surface area contributed by atoms with Crippen LogP contribution in [0.5, 0.6) is 0 Å². The van der Waals surface area contributed by atoms with Crippen molar-refractivity contribution in [3.8, 4) is 0 Å². The van der Waals surface area contributed by atoms with E-state index in [0.717, 1.165) is 38.5 Å². The fourth-order valence-electron chi connectivity index (χ4n) is 5.23. The number of aryl methyl sites for hydroxylation is 1. The Hall–Kier alpha value is -3.07. The highest BCUT2D eigenvalue weighted by Gasteiger charge is 2.41. The molecule has 2 aliphatic rings. The number of likely N-dealkylation sites (N-methyl/N-ethyl adjacent to an activating group) is 1. The van der Waals surface area contributed by atoms with E-state index in [2.05, 4.69) is 15.6 Å². The van der Waals surface area contributed by atoms with Crippen LogP contribution in [0.1, 0.15) is 85.6 Å². The highest BCUT2D eigenvalue weighted by Crippen LogP contribution is 2.35. The zero-order valence-electron chi connectivity index (χ0n) is 21.2. The van der Waals surface area contributed by atoms with Crippen LogP contribution in [0.15, 0.2) is 28.7 Å². The van der Waals surface area contributed by atoms with Crippen LogP contribution in [0.2, 0.25) is 0 Å². The normalized spacial score (nSPS) is 20.2. The summed E-state index contributed by atoms with van der Waals surface area (Å²) in [5.41, 5.74) is 0.480. The number of ketones is 1. The maximum Gasteiger partial charge on any atom is 0.246 e. The first-order valence-corrected chi connectivity index (χ1v) is 12.9. The Morgan fingerprint density at radius 3 is 2.44 bits per heavy atom. The number of likely N-dealkylation sites (tertiary alicyclic amines) is 1. The molecular weight excluding hydrogens is 463 g/mol. The second kappa shape index (κ2) is 11.3. The molecule has 2 heterocycles. The number of hydrogen-bond acceptors (Lipinski definition) is 6. The summed E-state index contributed by atoms with van der Waals surface area (Å²) in [6.07, 6.45) is 6.47. The van der Waals surface area contributed by atoms with Gasteiger partial charge in [0.25, 0.3) is 0 Å². The van der Waals surface area contributed by atoms with Crippen molar-refractivity contribution in [1.82, 2.24) is 20.5 Å². The maximum absolute atomic E-state index is 13.9. The first-order chi connectivity index (χ1) is 17.3. The van der Waals surface area contributed by atoms with Crippen molar-refractivity contribution in [2.45, 2.75) is 76.9 Å². The van der Waals surface area contributed by atoms with Gasteiger partial charge in [-0.15, -0.1) is 0 Å². The molecule has 0 bridgehead atoms. The van der Waals surface area contributed by atoms with Gasteiger partial charge in [-0.05, 0) is 76.8 Å². The minimum atomic E-state index is -0.606. The van der Waals surface area contributed by atoms with Crippen LogP contribution in [-0.4, -0.2) is 53.2 Å². The Labute approximate surface area is 211 Å². The lowest BCUT2D eigenvalue weighted by atomic mass is 9.83. The van der Waals surface area contributed by atoms with Crippen LogP contribution in [0.25, 0.3) is 0 Å². The average Bonchev–Trinajstić information content (AvgIpc) is 3.53. The molecule has 36 heavy (non-hydrogen) atoms. The molecule has 1 aliphatic carbocycles. The zero-order valence-corrected chi connectivity index (χ0v) is 21.2. The third kappa shape index (κ3) is 5.51. The predicted octanol–water partition coefficient (Wildman–Crippen LogP) is 3.69. The molecule has 1 saturated heterocycles. The van der Waals surface area contributed by atoms with Crippen molar-refractivity contribution < 1.29 is 23.2 Å². The summed E-state index contributed by atoms with van der Waals surface area (Å²) in [5.74, 6) is -0.332. The molecule has 0 radical (unpaired) electrons. The van der Waals surface area contributed by atoms with Gasteiger partial charge in [0, 0.05) is 12.1 Å². The molecule has 4 rings (SSSR count). The third-order valence-electron chi connectivity index (χ3n) is 7.47. The molecule has 0 unspecified atom stereocenters. The number of nitrogens with one attached hydrogen (secondary N) is 2. The molecule has 0 spiro atoms. The lowest BCUT2D eigenvalue weighted by Crippen LogP contribution is -2.55. The molecule has 8 nitrogen and oxygen atoms in total. The van der Waals surface area contributed by atoms with Gasteiger partial charge in [0.2, 0.25) is 23.5 Å². The van der Waals surface area contributed by atoms with Gasteiger partial charge >= 0.3 is 0 Å². The Morgan fingerprint density at radius 1 is 1.08 bits per heavy atom. The summed E-state index contributed by atoms with van der Waals surface area (Å²) < 4.78 is 19.2. The van der Waals surface area contributed by atoms with Crippen molar-refractivity contribution in [2.75, 3.05) is 13.6 Å². The van der Waals surface area contributed by atoms with Gasteiger partial charge in [-0.3, -0.25) is 14.4 Å². The monoisotopic (exact) mass is 498 g/mol. The molecule has 2 fully saturated rings. The number of carbonyl (C=O) groups excluding carboxylic acids is 3. The van der Waals surface area contributed by atoms with Crippen molar-refractivity contribution in [3.63, 3.8) is 0 Å². The maximum atomic E-state index is 13.9. The first-order valence-electron chi connectivity index (χ1n) is 12.9. The van der Waals surface area contributed by atoms with Crippen molar-refractivity contribution >= 4 is 17.6 Å². The number of carbonyl (C=O) groups is 3. The van der Waals surface area contributed by atoms with Crippen LogP contribution >= 0.6 is 0 Å². The minimum absolute atomic E-state index is 0.0856. The van der Waals surface area contributed by atoms with Crippen LogP contribution in [-0.2, 0) is 9.59 Å². The van der Waals surface area contributed by atoms with Crippen LogP contribution < -0.4 is 10.6 Å². The van der Waals surface area contributed by atoms with Gasteiger partial charge < -0.3 is 20.0 Å². The number of rotatable bonds is 8. The Balaban J connectivity index is 1.57. The van der Waals surface area contributed by atoms with E-state index in [1.54, 1.807) is 25.8 Å². The van der Waals surface area contributed by atoms with E-state index >= 15 is 0 Å². The summed E-state index contributed by atoms with van der Waals surface area (Å²) in [5, 5.41) is 5.96.